The Morgan fingerprint density at radius 1 is 0.939 bits per heavy atom. The molecule has 1 aliphatic heterocycles. The zero-order valence-corrected chi connectivity index (χ0v) is 23.5. The van der Waals surface area contributed by atoms with Gasteiger partial charge in [-0.15, -0.1) is 0 Å². The van der Waals surface area contributed by atoms with Crippen molar-refractivity contribution in [2.75, 3.05) is 0 Å². The molecule has 4 aliphatic rings. The highest BCUT2D eigenvalue weighted by Gasteiger charge is 2.55. The smallest absolute Gasteiger partial charge is 0.163 e. The van der Waals surface area contributed by atoms with Crippen LogP contribution in [0.25, 0.3) is 0 Å². The summed E-state index contributed by atoms with van der Waals surface area (Å²) in [5.41, 5.74) is 2.33. The maximum absolute atomic E-state index is 6.64. The third-order valence-electron chi connectivity index (χ3n) is 9.90. The van der Waals surface area contributed by atoms with Crippen molar-refractivity contribution in [3.63, 3.8) is 0 Å². The van der Waals surface area contributed by atoms with Gasteiger partial charge in [0, 0.05) is 0 Å². The molecule has 3 saturated carbocycles. The van der Waals surface area contributed by atoms with Gasteiger partial charge in [-0.2, -0.15) is 0 Å². The number of rotatable bonds is 2. The minimum absolute atomic E-state index is 0.243. The minimum Gasteiger partial charge on any atom is -0.376 e. The first-order valence-corrected chi connectivity index (χ1v) is 14.1. The van der Waals surface area contributed by atoms with Gasteiger partial charge in [-0.3, -0.25) is 0 Å². The third-order valence-corrected chi connectivity index (χ3v) is 9.90. The van der Waals surface area contributed by atoms with Crippen LogP contribution in [-0.2, 0) is 14.2 Å². The molecule has 0 spiro atoms. The maximum atomic E-state index is 6.64. The number of ether oxygens (including phenoxy) is 3. The number of allylic oxidation sites excluding steroid dienone is 2. The number of hydrogen-bond acceptors (Lipinski definition) is 3. The summed E-state index contributed by atoms with van der Waals surface area (Å²) in [5.74, 6) is 1.62. The van der Waals surface area contributed by atoms with E-state index in [1.54, 1.807) is 5.57 Å². The molecule has 0 aromatic heterocycles. The lowest BCUT2D eigenvalue weighted by Gasteiger charge is -2.51. The molecule has 4 rings (SSSR count). The first-order valence-electron chi connectivity index (χ1n) is 14.1. The van der Waals surface area contributed by atoms with Crippen molar-refractivity contribution in [3.8, 4) is 0 Å². The van der Waals surface area contributed by atoms with Gasteiger partial charge >= 0.3 is 0 Å². The Morgan fingerprint density at radius 2 is 1.58 bits per heavy atom. The van der Waals surface area contributed by atoms with E-state index in [1.165, 1.54) is 38.5 Å². The van der Waals surface area contributed by atoms with E-state index in [0.29, 0.717) is 23.4 Å². The van der Waals surface area contributed by atoms with Crippen LogP contribution in [0.5, 0.6) is 0 Å². The Labute approximate surface area is 205 Å². The lowest BCUT2D eigenvalue weighted by molar-refractivity contribution is -0.146. The molecule has 0 aromatic rings. The molecule has 4 fully saturated rings. The molecule has 3 heteroatoms. The Bertz CT molecular complexity index is 682. The van der Waals surface area contributed by atoms with Gasteiger partial charge in [-0.1, -0.05) is 46.3 Å². The fourth-order valence-electron chi connectivity index (χ4n) is 7.89. The third kappa shape index (κ3) is 5.41. The summed E-state index contributed by atoms with van der Waals surface area (Å²) >= 11 is 0. The van der Waals surface area contributed by atoms with Crippen LogP contribution in [-0.4, -0.2) is 30.2 Å². The molecular formula is C30H54O3. The first kappa shape index (κ1) is 27.2. The summed E-state index contributed by atoms with van der Waals surface area (Å²) in [6, 6.07) is 0. The van der Waals surface area contributed by atoms with Crippen LogP contribution in [0.2, 0.25) is 0 Å². The Hall–Kier alpha value is -0.380. The molecule has 3 aliphatic carbocycles. The van der Waals surface area contributed by atoms with Gasteiger partial charge in [0.2, 0.25) is 0 Å². The fraction of sp³-hybridized carbons (Fsp3) is 0.933. The molecule has 3 nitrogen and oxygen atoms in total. The molecule has 0 amide bonds. The summed E-state index contributed by atoms with van der Waals surface area (Å²) in [4.78, 5) is 0. The second kappa shape index (κ2) is 10.3. The van der Waals surface area contributed by atoms with Crippen LogP contribution in [0.15, 0.2) is 11.6 Å². The van der Waals surface area contributed by atoms with Crippen molar-refractivity contribution in [2.24, 2.45) is 28.6 Å². The van der Waals surface area contributed by atoms with Crippen LogP contribution in [0.4, 0.5) is 0 Å². The monoisotopic (exact) mass is 462 g/mol. The van der Waals surface area contributed by atoms with Gasteiger partial charge < -0.3 is 14.2 Å². The molecule has 1 saturated heterocycles. The van der Waals surface area contributed by atoms with Gasteiger partial charge in [-0.05, 0) is 115 Å². The van der Waals surface area contributed by atoms with E-state index in [9.17, 15) is 0 Å². The summed E-state index contributed by atoms with van der Waals surface area (Å²) in [5, 5.41) is 0. The standard InChI is InChI=1S/C28H48O3.C2H6/c1-9-20-10-11-21-14-23(29-18(2)3)15-22-16-24-25(31-26(5,6)30-24)17-28(22,8)19(4)12-13-27(20,21)7;1-2/h9,18-19,21-25H,10-17H2,1-8H3;1-2H3/b20-9-;/t19?,21?,22?,23-,24-,25-,27-,28-;/m1./s1. The van der Waals surface area contributed by atoms with Gasteiger partial charge in [0.05, 0.1) is 24.4 Å². The molecule has 8 atom stereocenters. The van der Waals surface area contributed by atoms with Gasteiger partial charge in [0.1, 0.15) is 0 Å². The maximum Gasteiger partial charge on any atom is 0.163 e. The zero-order chi connectivity index (χ0) is 24.6. The van der Waals surface area contributed by atoms with E-state index >= 15 is 0 Å². The van der Waals surface area contributed by atoms with Crippen LogP contribution in [0.3, 0.4) is 0 Å². The predicted molar refractivity (Wildman–Crippen MR) is 138 cm³/mol. The minimum atomic E-state index is -0.443. The average molecular weight is 463 g/mol. The van der Waals surface area contributed by atoms with E-state index in [-0.39, 0.29) is 23.7 Å². The highest BCUT2D eigenvalue weighted by Crippen LogP contribution is 2.59. The topological polar surface area (TPSA) is 27.7 Å². The molecule has 33 heavy (non-hydrogen) atoms. The van der Waals surface area contributed by atoms with E-state index in [0.717, 1.165) is 18.8 Å². The summed E-state index contributed by atoms with van der Waals surface area (Å²) in [6.07, 6.45) is 13.4. The molecule has 0 N–H and O–H groups in total. The number of fused-ring (bicyclic) bond motifs is 3. The van der Waals surface area contributed by atoms with Crippen molar-refractivity contribution in [1.29, 1.82) is 0 Å². The zero-order valence-electron chi connectivity index (χ0n) is 23.5. The van der Waals surface area contributed by atoms with Gasteiger partial charge in [-0.25, -0.2) is 0 Å². The highest BCUT2D eigenvalue weighted by molar-refractivity contribution is 5.20. The van der Waals surface area contributed by atoms with E-state index < -0.39 is 5.79 Å². The average Bonchev–Trinajstić information content (AvgIpc) is 3.21. The fourth-order valence-corrected chi connectivity index (χ4v) is 7.89. The molecule has 192 valence electrons. The largest absolute Gasteiger partial charge is 0.376 e. The van der Waals surface area contributed by atoms with Crippen molar-refractivity contribution in [2.45, 2.75) is 151 Å². The summed E-state index contributed by atoms with van der Waals surface area (Å²) in [6.45, 7) is 22.5. The predicted octanol–water partition coefficient (Wildman–Crippen LogP) is 8.32. The Balaban J connectivity index is 0.00000149. The van der Waals surface area contributed by atoms with Crippen molar-refractivity contribution in [3.05, 3.63) is 11.6 Å². The Morgan fingerprint density at radius 3 is 2.21 bits per heavy atom. The van der Waals surface area contributed by atoms with E-state index in [2.05, 4.69) is 61.5 Å². The van der Waals surface area contributed by atoms with Crippen molar-refractivity contribution in [1.82, 2.24) is 0 Å². The van der Waals surface area contributed by atoms with Crippen LogP contribution in [0.1, 0.15) is 121 Å². The normalized spacial score (nSPS) is 46.2. The quantitative estimate of drug-likeness (QED) is 0.386. The summed E-state index contributed by atoms with van der Waals surface area (Å²) in [7, 11) is 0. The molecule has 3 unspecified atom stereocenters. The van der Waals surface area contributed by atoms with E-state index in [1.807, 2.05) is 13.8 Å². The number of hydrogen-bond donors (Lipinski definition) is 0. The first-order chi connectivity index (χ1) is 15.5. The second-order valence-electron chi connectivity index (χ2n) is 12.5. The van der Waals surface area contributed by atoms with Crippen LogP contribution >= 0.6 is 0 Å². The molecule has 0 bridgehead atoms. The van der Waals surface area contributed by atoms with E-state index in [4.69, 9.17) is 14.2 Å². The van der Waals surface area contributed by atoms with Gasteiger partial charge in [0.15, 0.2) is 5.79 Å². The SMILES string of the molecule is C/C=C1/CCC2C[C@@H](OC(C)C)CC3C[C@H]4OC(C)(C)O[C@@H]4C[C@]3(C)C(C)CC[C@]12C.CC. The molecule has 0 radical (unpaired) electrons. The van der Waals surface area contributed by atoms with Crippen LogP contribution in [0, 0.1) is 28.6 Å². The lowest BCUT2D eigenvalue weighted by atomic mass is 9.55. The molecule has 1 heterocycles. The van der Waals surface area contributed by atoms with Crippen LogP contribution < -0.4 is 0 Å². The molecule has 0 aromatic carbocycles. The molecular weight excluding hydrogens is 408 g/mol. The highest BCUT2D eigenvalue weighted by atomic mass is 16.7. The Kier molecular flexibility index (Phi) is 8.50. The van der Waals surface area contributed by atoms with Crippen molar-refractivity contribution >= 4 is 0 Å². The van der Waals surface area contributed by atoms with Crippen molar-refractivity contribution < 1.29 is 14.2 Å². The lowest BCUT2D eigenvalue weighted by Crippen LogP contribution is -2.49. The second-order valence-corrected chi connectivity index (χ2v) is 12.5. The van der Waals surface area contributed by atoms with Gasteiger partial charge in [0.25, 0.3) is 0 Å². The summed E-state index contributed by atoms with van der Waals surface area (Å²) < 4.78 is 19.4.